The highest BCUT2D eigenvalue weighted by Gasteiger charge is 2.26. The summed E-state index contributed by atoms with van der Waals surface area (Å²) in [5.41, 5.74) is 0.853. The second kappa shape index (κ2) is 5.03. The van der Waals surface area contributed by atoms with E-state index in [0.29, 0.717) is 13.2 Å². The van der Waals surface area contributed by atoms with Gasteiger partial charge in [0.2, 0.25) is 0 Å². The number of halogens is 1. The van der Waals surface area contributed by atoms with E-state index in [1.165, 1.54) is 0 Å². The summed E-state index contributed by atoms with van der Waals surface area (Å²) in [6, 6.07) is 5.62. The van der Waals surface area contributed by atoms with Gasteiger partial charge in [0.1, 0.15) is 5.75 Å². The number of hydrogen-bond acceptors (Lipinski definition) is 4. The van der Waals surface area contributed by atoms with Gasteiger partial charge in [-0.05, 0) is 18.2 Å². The maximum atomic E-state index is 9.64. The number of ether oxygens (including phenoxy) is 2. The maximum absolute atomic E-state index is 9.64. The number of hydrogen-bond donors (Lipinski definition) is 2. The molecule has 2 N–H and O–H groups in total. The van der Waals surface area contributed by atoms with Crippen LogP contribution in [0.25, 0.3) is 0 Å². The van der Waals surface area contributed by atoms with Crippen LogP contribution in [-0.2, 0) is 4.74 Å². The molecule has 2 atom stereocenters. The monoisotopic (exact) mass is 287 g/mol. The molecule has 2 unspecified atom stereocenters. The van der Waals surface area contributed by atoms with E-state index in [4.69, 9.17) is 9.47 Å². The van der Waals surface area contributed by atoms with Crippen molar-refractivity contribution >= 4 is 21.6 Å². The van der Waals surface area contributed by atoms with Gasteiger partial charge in [-0.2, -0.15) is 0 Å². The summed E-state index contributed by atoms with van der Waals surface area (Å²) < 4.78 is 11.4. The maximum Gasteiger partial charge on any atom is 0.142 e. The number of aliphatic hydroxyl groups is 1. The van der Waals surface area contributed by atoms with E-state index in [-0.39, 0.29) is 6.04 Å². The van der Waals surface area contributed by atoms with Crippen LogP contribution in [0.1, 0.15) is 0 Å². The zero-order valence-electron chi connectivity index (χ0n) is 8.94. The standard InChI is InChI=1S/C11H14BrNO3/c1-15-11-3-2-7(12)4-8(11)13-9-5-16-6-10(9)14/h2-4,9-10,13-14H,5-6H2,1H3. The van der Waals surface area contributed by atoms with Crippen molar-refractivity contribution in [3.63, 3.8) is 0 Å². The third-order valence-corrected chi connectivity index (χ3v) is 3.05. The summed E-state index contributed by atoms with van der Waals surface area (Å²) >= 11 is 3.40. The fraction of sp³-hybridized carbons (Fsp3) is 0.455. The van der Waals surface area contributed by atoms with Crippen LogP contribution in [0.3, 0.4) is 0 Å². The van der Waals surface area contributed by atoms with Gasteiger partial charge in [0, 0.05) is 4.47 Å². The average molecular weight is 288 g/mol. The number of anilines is 1. The molecule has 88 valence electrons. The Morgan fingerprint density at radius 2 is 2.31 bits per heavy atom. The molecule has 1 aliphatic rings. The van der Waals surface area contributed by atoms with E-state index >= 15 is 0 Å². The SMILES string of the molecule is COc1ccc(Br)cc1NC1COCC1O. The van der Waals surface area contributed by atoms with Crippen LogP contribution in [0, 0.1) is 0 Å². The Labute approximate surface area is 103 Å². The Bertz CT molecular complexity index is 372. The van der Waals surface area contributed by atoms with Crippen molar-refractivity contribution < 1.29 is 14.6 Å². The lowest BCUT2D eigenvalue weighted by molar-refractivity contribution is 0.125. The molecule has 0 bridgehead atoms. The number of benzene rings is 1. The first-order valence-corrected chi connectivity index (χ1v) is 5.86. The molecule has 5 heteroatoms. The zero-order chi connectivity index (χ0) is 11.5. The fourth-order valence-corrected chi connectivity index (χ4v) is 2.03. The third-order valence-electron chi connectivity index (χ3n) is 2.55. The van der Waals surface area contributed by atoms with Crippen molar-refractivity contribution in [3.05, 3.63) is 22.7 Å². The molecular formula is C11H14BrNO3. The van der Waals surface area contributed by atoms with Crippen LogP contribution in [0.2, 0.25) is 0 Å². The Kier molecular flexibility index (Phi) is 3.68. The predicted octanol–water partition coefficient (Wildman–Crippen LogP) is 1.63. The van der Waals surface area contributed by atoms with Crippen molar-refractivity contribution in [2.75, 3.05) is 25.6 Å². The van der Waals surface area contributed by atoms with Gasteiger partial charge in [0.15, 0.2) is 0 Å². The number of aliphatic hydroxyl groups excluding tert-OH is 1. The van der Waals surface area contributed by atoms with E-state index in [9.17, 15) is 5.11 Å². The number of methoxy groups -OCH3 is 1. The molecule has 0 radical (unpaired) electrons. The van der Waals surface area contributed by atoms with Crippen LogP contribution >= 0.6 is 15.9 Å². The third kappa shape index (κ3) is 2.48. The Morgan fingerprint density at radius 3 is 2.94 bits per heavy atom. The quantitative estimate of drug-likeness (QED) is 0.887. The Hall–Kier alpha value is -0.780. The van der Waals surface area contributed by atoms with Gasteiger partial charge >= 0.3 is 0 Å². The molecule has 0 saturated carbocycles. The largest absolute Gasteiger partial charge is 0.495 e. The lowest BCUT2D eigenvalue weighted by Crippen LogP contribution is -2.31. The molecule has 1 aliphatic heterocycles. The lowest BCUT2D eigenvalue weighted by Gasteiger charge is -2.18. The minimum Gasteiger partial charge on any atom is -0.495 e. The van der Waals surface area contributed by atoms with Gasteiger partial charge in [0.25, 0.3) is 0 Å². The van der Waals surface area contributed by atoms with E-state index in [1.807, 2.05) is 18.2 Å². The first-order chi connectivity index (χ1) is 7.70. The van der Waals surface area contributed by atoms with Gasteiger partial charge in [0.05, 0.1) is 38.2 Å². The summed E-state index contributed by atoms with van der Waals surface area (Å²) in [6.45, 7) is 0.894. The summed E-state index contributed by atoms with van der Waals surface area (Å²) in [5.74, 6) is 0.752. The highest BCUT2D eigenvalue weighted by atomic mass is 79.9. The lowest BCUT2D eigenvalue weighted by atomic mass is 10.2. The van der Waals surface area contributed by atoms with Gasteiger partial charge in [-0.15, -0.1) is 0 Å². The van der Waals surface area contributed by atoms with Crippen LogP contribution in [0.15, 0.2) is 22.7 Å². The van der Waals surface area contributed by atoms with Gasteiger partial charge in [-0.3, -0.25) is 0 Å². The molecule has 4 nitrogen and oxygen atoms in total. The van der Waals surface area contributed by atoms with Gasteiger partial charge in [-0.25, -0.2) is 0 Å². The molecule has 0 aromatic heterocycles. The summed E-state index contributed by atoms with van der Waals surface area (Å²) in [7, 11) is 1.62. The number of nitrogens with one attached hydrogen (secondary N) is 1. The zero-order valence-corrected chi connectivity index (χ0v) is 10.5. The average Bonchev–Trinajstić information content (AvgIpc) is 2.65. The molecule has 0 spiro atoms. The fourth-order valence-electron chi connectivity index (χ4n) is 1.67. The highest BCUT2D eigenvalue weighted by molar-refractivity contribution is 9.10. The van der Waals surface area contributed by atoms with E-state index in [0.717, 1.165) is 15.9 Å². The summed E-state index contributed by atoms with van der Waals surface area (Å²) in [5, 5.41) is 12.9. The molecule has 1 saturated heterocycles. The van der Waals surface area contributed by atoms with Crippen molar-refractivity contribution in [2.24, 2.45) is 0 Å². The van der Waals surface area contributed by atoms with Crippen molar-refractivity contribution in [1.29, 1.82) is 0 Å². The van der Waals surface area contributed by atoms with Crippen molar-refractivity contribution in [3.8, 4) is 5.75 Å². The van der Waals surface area contributed by atoms with E-state index < -0.39 is 6.10 Å². The van der Waals surface area contributed by atoms with Crippen molar-refractivity contribution in [2.45, 2.75) is 12.1 Å². The molecule has 1 fully saturated rings. The molecule has 16 heavy (non-hydrogen) atoms. The van der Waals surface area contributed by atoms with Gasteiger partial charge < -0.3 is 19.9 Å². The second-order valence-electron chi connectivity index (χ2n) is 3.70. The van der Waals surface area contributed by atoms with Crippen LogP contribution in [-0.4, -0.2) is 37.6 Å². The minimum absolute atomic E-state index is 0.0804. The van der Waals surface area contributed by atoms with E-state index in [1.54, 1.807) is 7.11 Å². The summed E-state index contributed by atoms with van der Waals surface area (Å²) in [4.78, 5) is 0. The topological polar surface area (TPSA) is 50.7 Å². The molecular weight excluding hydrogens is 274 g/mol. The van der Waals surface area contributed by atoms with Crippen LogP contribution in [0.5, 0.6) is 5.75 Å². The molecule has 1 aromatic rings. The normalized spacial score (nSPS) is 24.4. The van der Waals surface area contributed by atoms with Gasteiger partial charge in [-0.1, -0.05) is 15.9 Å². The van der Waals surface area contributed by atoms with Crippen molar-refractivity contribution in [1.82, 2.24) is 0 Å². The first-order valence-electron chi connectivity index (χ1n) is 5.06. The molecule has 1 heterocycles. The minimum atomic E-state index is -0.469. The number of rotatable bonds is 3. The first kappa shape index (κ1) is 11.7. The second-order valence-corrected chi connectivity index (χ2v) is 4.62. The Morgan fingerprint density at radius 1 is 1.50 bits per heavy atom. The van der Waals surface area contributed by atoms with E-state index in [2.05, 4.69) is 21.2 Å². The van der Waals surface area contributed by atoms with Crippen LogP contribution < -0.4 is 10.1 Å². The molecule has 0 amide bonds. The predicted molar refractivity (Wildman–Crippen MR) is 64.9 cm³/mol. The molecule has 1 aromatic carbocycles. The Balaban J connectivity index is 2.16. The summed E-state index contributed by atoms with van der Waals surface area (Å²) in [6.07, 6.45) is -0.469. The molecule has 2 rings (SSSR count). The van der Waals surface area contributed by atoms with Crippen LogP contribution in [0.4, 0.5) is 5.69 Å². The smallest absolute Gasteiger partial charge is 0.142 e. The highest BCUT2D eigenvalue weighted by Crippen LogP contribution is 2.29. The molecule has 0 aliphatic carbocycles.